The first-order chi connectivity index (χ1) is 8.02. The highest BCUT2D eigenvalue weighted by molar-refractivity contribution is 7.82. The molecule has 0 amide bonds. The second kappa shape index (κ2) is 4.41. The van der Waals surface area contributed by atoms with E-state index in [2.05, 4.69) is 12.6 Å². The fourth-order valence-corrected chi connectivity index (χ4v) is 2.40. The van der Waals surface area contributed by atoms with Crippen LogP contribution in [0.25, 0.3) is 0 Å². The molecule has 0 radical (unpaired) electrons. The third kappa shape index (κ3) is 2.02. The Hall–Kier alpha value is -1.49. The summed E-state index contributed by atoms with van der Waals surface area (Å²) in [6.45, 7) is 1.41. The van der Waals surface area contributed by atoms with Gasteiger partial charge in [-0.05, 0) is 18.6 Å². The maximum absolute atomic E-state index is 11.4. The second-order valence-electron chi connectivity index (χ2n) is 4.08. The summed E-state index contributed by atoms with van der Waals surface area (Å²) < 4.78 is 0. The highest BCUT2D eigenvalue weighted by Gasteiger charge is 2.38. The minimum atomic E-state index is -0.929. The van der Waals surface area contributed by atoms with Crippen LogP contribution in [0.2, 0.25) is 0 Å². The lowest BCUT2D eigenvalue weighted by Gasteiger charge is -2.28. The molecule has 4 nitrogen and oxygen atoms in total. The number of para-hydroxylation sites is 1. The molecule has 1 aliphatic heterocycles. The van der Waals surface area contributed by atoms with Crippen LogP contribution < -0.4 is 4.90 Å². The number of hydrogen-bond acceptors (Lipinski definition) is 4. The lowest BCUT2D eigenvalue weighted by atomic mass is 10.1. The van der Waals surface area contributed by atoms with Crippen molar-refractivity contribution < 1.29 is 14.7 Å². The Morgan fingerprint density at radius 1 is 1.47 bits per heavy atom. The summed E-state index contributed by atoms with van der Waals surface area (Å²) in [6, 6.07) is 6.69. The summed E-state index contributed by atoms with van der Waals surface area (Å²) in [7, 11) is 0. The zero-order chi connectivity index (χ0) is 12.6. The van der Waals surface area contributed by atoms with E-state index in [1.54, 1.807) is 4.90 Å². The Balaban J connectivity index is 2.44. The Kier molecular flexibility index (Phi) is 3.11. The average Bonchev–Trinajstić information content (AvgIpc) is 2.67. The maximum Gasteiger partial charge on any atom is 0.326 e. The summed E-state index contributed by atoms with van der Waals surface area (Å²) in [5.41, 5.74) is 1.73. The molecule has 1 heterocycles. The SMILES string of the molecule is CC(=O)[C@H](S)N1c2ccccc2CC1C(=O)O. The number of rotatable bonds is 3. The number of hydrogen-bond donors (Lipinski definition) is 2. The molecule has 1 aromatic rings. The second-order valence-corrected chi connectivity index (χ2v) is 4.57. The lowest BCUT2D eigenvalue weighted by molar-refractivity contribution is -0.138. The van der Waals surface area contributed by atoms with Gasteiger partial charge in [-0.25, -0.2) is 4.79 Å². The van der Waals surface area contributed by atoms with Crippen molar-refractivity contribution in [2.24, 2.45) is 0 Å². The highest BCUT2D eigenvalue weighted by atomic mass is 32.1. The van der Waals surface area contributed by atoms with Gasteiger partial charge in [-0.1, -0.05) is 18.2 Å². The number of nitrogens with zero attached hydrogens (tertiary/aromatic N) is 1. The minimum absolute atomic E-state index is 0.156. The first kappa shape index (κ1) is 12.0. The molecular weight excluding hydrogens is 238 g/mol. The number of thiol groups is 1. The van der Waals surface area contributed by atoms with E-state index in [0.717, 1.165) is 11.3 Å². The highest BCUT2D eigenvalue weighted by Crippen LogP contribution is 2.34. The topological polar surface area (TPSA) is 57.6 Å². The fourth-order valence-electron chi connectivity index (χ4n) is 2.11. The van der Waals surface area contributed by atoms with E-state index < -0.39 is 17.4 Å². The molecule has 2 atom stereocenters. The van der Waals surface area contributed by atoms with Crippen LogP contribution >= 0.6 is 12.6 Å². The van der Waals surface area contributed by atoms with E-state index >= 15 is 0 Å². The Morgan fingerprint density at radius 3 is 2.71 bits per heavy atom. The van der Waals surface area contributed by atoms with Gasteiger partial charge in [0.2, 0.25) is 0 Å². The normalized spacial score (nSPS) is 19.9. The number of carbonyl (C=O) groups is 2. The third-order valence-corrected chi connectivity index (χ3v) is 3.54. The zero-order valence-corrected chi connectivity index (χ0v) is 10.2. The number of anilines is 1. The number of carbonyl (C=O) groups excluding carboxylic acids is 1. The number of carboxylic acids is 1. The molecule has 1 unspecified atom stereocenters. The van der Waals surface area contributed by atoms with Crippen LogP contribution in [0, 0.1) is 0 Å². The van der Waals surface area contributed by atoms with Crippen molar-refractivity contribution in [1.29, 1.82) is 0 Å². The number of fused-ring (bicyclic) bond motifs is 1. The molecule has 0 bridgehead atoms. The van der Waals surface area contributed by atoms with Gasteiger partial charge in [0.1, 0.15) is 11.4 Å². The van der Waals surface area contributed by atoms with E-state index in [-0.39, 0.29) is 5.78 Å². The molecule has 5 heteroatoms. The zero-order valence-electron chi connectivity index (χ0n) is 9.33. The Bertz CT molecular complexity index is 475. The van der Waals surface area contributed by atoms with Crippen LogP contribution in [0.4, 0.5) is 5.69 Å². The predicted molar refractivity (Wildman–Crippen MR) is 67.5 cm³/mol. The summed E-state index contributed by atoms with van der Waals surface area (Å²) in [6.07, 6.45) is 0.413. The predicted octanol–water partition coefficient (Wildman–Crippen LogP) is 1.35. The van der Waals surface area contributed by atoms with Gasteiger partial charge in [-0.3, -0.25) is 4.79 Å². The number of carboxylic acid groups (broad SMARTS) is 1. The molecule has 1 N–H and O–H groups in total. The molecule has 2 rings (SSSR count). The Labute approximate surface area is 105 Å². The molecule has 1 aliphatic rings. The largest absolute Gasteiger partial charge is 0.480 e. The van der Waals surface area contributed by atoms with Gasteiger partial charge < -0.3 is 10.0 Å². The number of ketones is 1. The van der Waals surface area contributed by atoms with Crippen LogP contribution in [0.5, 0.6) is 0 Å². The van der Waals surface area contributed by atoms with Crippen molar-refractivity contribution in [3.8, 4) is 0 Å². The van der Waals surface area contributed by atoms with Gasteiger partial charge in [-0.2, -0.15) is 0 Å². The summed E-state index contributed by atoms with van der Waals surface area (Å²) in [4.78, 5) is 24.2. The summed E-state index contributed by atoms with van der Waals surface area (Å²) in [5, 5.41) is 8.49. The smallest absolute Gasteiger partial charge is 0.326 e. The van der Waals surface area contributed by atoms with Gasteiger partial charge >= 0.3 is 5.97 Å². The first-order valence-corrected chi connectivity index (χ1v) is 5.81. The third-order valence-electron chi connectivity index (χ3n) is 2.93. The number of Topliss-reactive ketones (excluding diaryl/α,β-unsaturated/α-hetero) is 1. The van der Waals surface area contributed by atoms with E-state index in [1.807, 2.05) is 24.3 Å². The van der Waals surface area contributed by atoms with E-state index in [0.29, 0.717) is 6.42 Å². The maximum atomic E-state index is 11.4. The molecule has 0 aromatic heterocycles. The fraction of sp³-hybridized carbons (Fsp3) is 0.333. The summed E-state index contributed by atoms with van der Waals surface area (Å²) in [5.74, 6) is -1.09. The number of benzene rings is 1. The molecule has 17 heavy (non-hydrogen) atoms. The molecule has 0 aliphatic carbocycles. The molecule has 0 fully saturated rings. The molecule has 0 saturated heterocycles. The van der Waals surface area contributed by atoms with Gasteiger partial charge in [0.05, 0.1) is 0 Å². The van der Waals surface area contributed by atoms with Gasteiger partial charge in [0, 0.05) is 12.1 Å². The van der Waals surface area contributed by atoms with E-state index in [4.69, 9.17) is 0 Å². The standard InChI is InChI=1S/C12H13NO3S/c1-7(14)11(17)13-9-5-3-2-4-8(9)6-10(13)12(15)16/h2-5,10-11,17H,6H2,1H3,(H,15,16)/t10?,11-/m0/s1. The monoisotopic (exact) mass is 251 g/mol. The van der Waals surface area contributed by atoms with Gasteiger partial charge in [0.15, 0.2) is 5.78 Å². The average molecular weight is 251 g/mol. The molecular formula is C12H13NO3S. The van der Waals surface area contributed by atoms with Gasteiger partial charge in [-0.15, -0.1) is 12.6 Å². The molecule has 1 aromatic carbocycles. The Morgan fingerprint density at radius 2 is 2.12 bits per heavy atom. The van der Waals surface area contributed by atoms with Crippen molar-refractivity contribution in [3.05, 3.63) is 29.8 Å². The van der Waals surface area contributed by atoms with Crippen molar-refractivity contribution >= 4 is 30.1 Å². The number of aliphatic carboxylic acids is 1. The van der Waals surface area contributed by atoms with Crippen molar-refractivity contribution in [2.45, 2.75) is 24.8 Å². The molecule has 0 spiro atoms. The van der Waals surface area contributed by atoms with Crippen LogP contribution in [-0.4, -0.2) is 28.3 Å². The summed E-state index contributed by atoms with van der Waals surface area (Å²) >= 11 is 4.21. The van der Waals surface area contributed by atoms with Crippen LogP contribution in [0.3, 0.4) is 0 Å². The van der Waals surface area contributed by atoms with E-state index in [9.17, 15) is 14.7 Å². The first-order valence-electron chi connectivity index (χ1n) is 5.30. The van der Waals surface area contributed by atoms with Crippen LogP contribution in [0.1, 0.15) is 12.5 Å². The van der Waals surface area contributed by atoms with E-state index in [1.165, 1.54) is 6.92 Å². The van der Waals surface area contributed by atoms with Crippen molar-refractivity contribution in [1.82, 2.24) is 0 Å². The van der Waals surface area contributed by atoms with Gasteiger partial charge in [0.25, 0.3) is 0 Å². The quantitative estimate of drug-likeness (QED) is 0.796. The van der Waals surface area contributed by atoms with Crippen molar-refractivity contribution in [2.75, 3.05) is 4.90 Å². The van der Waals surface area contributed by atoms with Crippen LogP contribution in [-0.2, 0) is 16.0 Å². The van der Waals surface area contributed by atoms with Crippen LogP contribution in [0.15, 0.2) is 24.3 Å². The van der Waals surface area contributed by atoms with Crippen molar-refractivity contribution in [3.63, 3.8) is 0 Å². The lowest BCUT2D eigenvalue weighted by Crippen LogP contribution is -2.45. The molecule has 0 saturated carbocycles. The molecule has 90 valence electrons. The minimum Gasteiger partial charge on any atom is -0.480 e.